The van der Waals surface area contributed by atoms with Crippen molar-refractivity contribution in [2.45, 2.75) is 45.4 Å². The summed E-state index contributed by atoms with van der Waals surface area (Å²) < 4.78 is 29.9. The quantitative estimate of drug-likeness (QED) is 0.596. The average molecular weight is 470 g/mol. The van der Waals surface area contributed by atoms with Crippen molar-refractivity contribution in [2.24, 2.45) is 0 Å². The number of aryl methyl sites for hydroxylation is 1. The molecule has 0 radical (unpaired) electrons. The van der Waals surface area contributed by atoms with Gasteiger partial charge in [-0.3, -0.25) is 4.79 Å². The lowest BCUT2D eigenvalue weighted by Gasteiger charge is -2.31. The molecule has 162 valence electrons. The van der Waals surface area contributed by atoms with E-state index in [2.05, 4.69) is 6.92 Å². The molecule has 1 fully saturated rings. The summed E-state index contributed by atoms with van der Waals surface area (Å²) in [5.41, 5.74) is 2.15. The molecule has 1 saturated heterocycles. The summed E-state index contributed by atoms with van der Waals surface area (Å²) in [6.07, 6.45) is 0.522. The maximum Gasteiger partial charge on any atom is 0.263 e. The second-order valence-corrected chi connectivity index (χ2v) is 10.6. The van der Waals surface area contributed by atoms with Crippen LogP contribution in [0.25, 0.3) is 0 Å². The van der Waals surface area contributed by atoms with E-state index in [0.717, 1.165) is 12.0 Å². The van der Waals surface area contributed by atoms with Gasteiger partial charge in [-0.2, -0.15) is 0 Å². The van der Waals surface area contributed by atoms with Crippen LogP contribution < -0.4 is 4.74 Å². The van der Waals surface area contributed by atoms with Gasteiger partial charge in [-0.05, 0) is 49.1 Å². The molecule has 5 nitrogen and oxygen atoms in total. The number of halogens is 2. The van der Waals surface area contributed by atoms with Crippen LogP contribution in [-0.2, 0) is 27.6 Å². The third-order valence-electron chi connectivity index (χ3n) is 5.26. The molecule has 0 aromatic heterocycles. The standard InChI is InChI=1S/C22H25Cl2NO4S/c1-3-16-4-6-17(7-5-16)13-25(19-10-11-30(27,28)14-19)22(26)15(2)29-21-9-8-18(23)12-20(21)24/h4-9,12,15,19H,3,10-11,13-14H2,1-2H3. The van der Waals surface area contributed by atoms with Gasteiger partial charge in [-0.15, -0.1) is 0 Å². The van der Waals surface area contributed by atoms with Crippen LogP contribution in [0.2, 0.25) is 10.0 Å². The molecule has 2 aromatic carbocycles. The van der Waals surface area contributed by atoms with E-state index >= 15 is 0 Å². The van der Waals surface area contributed by atoms with Gasteiger partial charge < -0.3 is 9.64 Å². The summed E-state index contributed by atoms with van der Waals surface area (Å²) in [6.45, 7) is 4.05. The number of carbonyl (C=O) groups excluding carboxylic acids is 1. The van der Waals surface area contributed by atoms with Crippen molar-refractivity contribution in [3.8, 4) is 5.75 Å². The highest BCUT2D eigenvalue weighted by molar-refractivity contribution is 7.91. The minimum absolute atomic E-state index is 0.0276. The first-order valence-electron chi connectivity index (χ1n) is 9.89. The van der Waals surface area contributed by atoms with Crippen LogP contribution in [0.15, 0.2) is 42.5 Å². The Labute approximate surface area is 187 Å². The molecule has 2 atom stereocenters. The van der Waals surface area contributed by atoms with Crippen LogP contribution in [0.4, 0.5) is 0 Å². The maximum atomic E-state index is 13.3. The topological polar surface area (TPSA) is 63.7 Å². The zero-order valence-electron chi connectivity index (χ0n) is 17.0. The fourth-order valence-electron chi connectivity index (χ4n) is 3.53. The van der Waals surface area contributed by atoms with Crippen LogP contribution in [0, 0.1) is 0 Å². The zero-order chi connectivity index (χ0) is 21.9. The van der Waals surface area contributed by atoms with Gasteiger partial charge in [-0.1, -0.05) is 54.4 Å². The number of benzene rings is 2. The molecule has 0 aliphatic carbocycles. The molecule has 0 N–H and O–H groups in total. The first-order valence-corrected chi connectivity index (χ1v) is 12.5. The Hall–Kier alpha value is -1.76. The molecule has 3 rings (SSSR count). The molecule has 0 saturated carbocycles. The molecule has 2 unspecified atom stereocenters. The SMILES string of the molecule is CCc1ccc(CN(C(=O)C(C)Oc2ccc(Cl)cc2Cl)C2CCS(=O)(=O)C2)cc1. The van der Waals surface area contributed by atoms with E-state index in [1.54, 1.807) is 30.0 Å². The molecule has 1 aliphatic heterocycles. The van der Waals surface area contributed by atoms with Gasteiger partial charge in [0.15, 0.2) is 15.9 Å². The number of ether oxygens (including phenoxy) is 1. The third-order valence-corrected chi connectivity index (χ3v) is 7.54. The van der Waals surface area contributed by atoms with Gasteiger partial charge in [0.1, 0.15) is 5.75 Å². The summed E-state index contributed by atoms with van der Waals surface area (Å²) in [4.78, 5) is 14.9. The first-order chi connectivity index (χ1) is 14.2. The number of carbonyl (C=O) groups is 1. The van der Waals surface area contributed by atoms with E-state index in [9.17, 15) is 13.2 Å². The van der Waals surface area contributed by atoms with Crippen LogP contribution in [0.5, 0.6) is 5.75 Å². The number of hydrogen-bond donors (Lipinski definition) is 0. The van der Waals surface area contributed by atoms with E-state index in [1.807, 2.05) is 24.3 Å². The van der Waals surface area contributed by atoms with Crippen molar-refractivity contribution < 1.29 is 17.9 Å². The maximum absolute atomic E-state index is 13.3. The van der Waals surface area contributed by atoms with Crippen molar-refractivity contribution in [2.75, 3.05) is 11.5 Å². The van der Waals surface area contributed by atoms with Crippen molar-refractivity contribution in [3.05, 3.63) is 63.6 Å². The molecule has 1 heterocycles. The average Bonchev–Trinajstić information content (AvgIpc) is 3.07. The van der Waals surface area contributed by atoms with Crippen LogP contribution in [-0.4, -0.2) is 42.9 Å². The Morgan fingerprint density at radius 2 is 1.83 bits per heavy atom. The van der Waals surface area contributed by atoms with Crippen LogP contribution >= 0.6 is 23.2 Å². The Bertz CT molecular complexity index is 1010. The Balaban J connectivity index is 1.81. The second kappa shape index (κ2) is 9.58. The number of nitrogens with zero attached hydrogens (tertiary/aromatic N) is 1. The lowest BCUT2D eigenvalue weighted by atomic mass is 10.1. The molecule has 1 aliphatic rings. The smallest absolute Gasteiger partial charge is 0.263 e. The normalized spacial score (nSPS) is 18.7. The van der Waals surface area contributed by atoms with E-state index in [-0.39, 0.29) is 23.5 Å². The molecule has 0 bridgehead atoms. The highest BCUT2D eigenvalue weighted by Gasteiger charge is 2.36. The van der Waals surface area contributed by atoms with Crippen molar-refractivity contribution in [1.82, 2.24) is 4.90 Å². The summed E-state index contributed by atoms with van der Waals surface area (Å²) in [5, 5.41) is 0.784. The van der Waals surface area contributed by atoms with E-state index in [1.165, 1.54) is 5.56 Å². The molecule has 2 aromatic rings. The van der Waals surface area contributed by atoms with Gasteiger partial charge in [0.25, 0.3) is 5.91 Å². The Kier molecular flexibility index (Phi) is 7.32. The van der Waals surface area contributed by atoms with Gasteiger partial charge in [0.2, 0.25) is 0 Å². The lowest BCUT2D eigenvalue weighted by Crippen LogP contribution is -2.46. The number of hydrogen-bond acceptors (Lipinski definition) is 4. The minimum Gasteiger partial charge on any atom is -0.479 e. The van der Waals surface area contributed by atoms with E-state index < -0.39 is 15.9 Å². The van der Waals surface area contributed by atoms with Gasteiger partial charge in [0.05, 0.1) is 16.5 Å². The number of amides is 1. The molecule has 0 spiro atoms. The summed E-state index contributed by atoms with van der Waals surface area (Å²) in [6, 6.07) is 12.4. The van der Waals surface area contributed by atoms with Crippen molar-refractivity contribution >= 4 is 38.9 Å². The van der Waals surface area contributed by atoms with Gasteiger partial charge in [0, 0.05) is 17.6 Å². The first kappa shape index (κ1) is 22.9. The van der Waals surface area contributed by atoms with Crippen molar-refractivity contribution in [1.29, 1.82) is 0 Å². The lowest BCUT2D eigenvalue weighted by molar-refractivity contribution is -0.140. The fourth-order valence-corrected chi connectivity index (χ4v) is 5.71. The highest BCUT2D eigenvalue weighted by atomic mass is 35.5. The predicted molar refractivity (Wildman–Crippen MR) is 120 cm³/mol. The largest absolute Gasteiger partial charge is 0.479 e. The zero-order valence-corrected chi connectivity index (χ0v) is 19.3. The molecule has 30 heavy (non-hydrogen) atoms. The Morgan fingerprint density at radius 1 is 1.17 bits per heavy atom. The molecular formula is C22H25Cl2NO4S. The summed E-state index contributed by atoms with van der Waals surface area (Å²) in [5.74, 6) is 0.144. The molecular weight excluding hydrogens is 445 g/mol. The second-order valence-electron chi connectivity index (χ2n) is 7.53. The van der Waals surface area contributed by atoms with Gasteiger partial charge in [-0.25, -0.2) is 8.42 Å². The number of rotatable bonds is 7. The van der Waals surface area contributed by atoms with Crippen molar-refractivity contribution in [3.63, 3.8) is 0 Å². The van der Waals surface area contributed by atoms with E-state index in [4.69, 9.17) is 27.9 Å². The minimum atomic E-state index is -3.14. The monoisotopic (exact) mass is 469 g/mol. The highest BCUT2D eigenvalue weighted by Crippen LogP contribution is 2.29. The number of sulfone groups is 1. The Morgan fingerprint density at radius 3 is 2.40 bits per heavy atom. The third kappa shape index (κ3) is 5.68. The van der Waals surface area contributed by atoms with Gasteiger partial charge >= 0.3 is 0 Å². The predicted octanol–water partition coefficient (Wildman–Crippen LogP) is 4.54. The van der Waals surface area contributed by atoms with Crippen LogP contribution in [0.3, 0.4) is 0 Å². The summed E-state index contributed by atoms with van der Waals surface area (Å²) in [7, 11) is -3.14. The molecule has 8 heteroatoms. The summed E-state index contributed by atoms with van der Waals surface area (Å²) >= 11 is 12.1. The fraction of sp³-hybridized carbons (Fsp3) is 0.409. The van der Waals surface area contributed by atoms with Crippen LogP contribution in [0.1, 0.15) is 31.4 Å². The molecule has 1 amide bonds. The van der Waals surface area contributed by atoms with E-state index in [0.29, 0.717) is 28.8 Å².